The van der Waals surface area contributed by atoms with Crippen LogP contribution in [0.4, 0.5) is 0 Å². The van der Waals surface area contributed by atoms with Crippen LogP contribution in [0, 0.1) is 0 Å². The van der Waals surface area contributed by atoms with Crippen LogP contribution in [0.1, 0.15) is 15.9 Å². The smallest absolute Gasteiger partial charge is 0.272 e. The number of carbonyl (C=O) groups is 1. The lowest BCUT2D eigenvalue weighted by Crippen LogP contribution is -2.17. The van der Waals surface area contributed by atoms with Crippen LogP contribution in [0.5, 0.6) is 0 Å². The molecule has 0 aliphatic carbocycles. The lowest BCUT2D eigenvalue weighted by Gasteiger charge is -2.00. The number of benzene rings is 1. The first-order chi connectivity index (χ1) is 11.2. The fraction of sp³-hybridized carbons (Fsp3) is 0. The van der Waals surface area contributed by atoms with Crippen LogP contribution in [0.2, 0.25) is 0 Å². The Morgan fingerprint density at radius 1 is 1.22 bits per heavy atom. The zero-order chi connectivity index (χ0) is 16.1. The molecule has 0 radical (unpaired) electrons. The Labute approximate surface area is 140 Å². The van der Waals surface area contributed by atoms with Gasteiger partial charge in [0.2, 0.25) is 0 Å². The van der Waals surface area contributed by atoms with E-state index in [1.807, 2.05) is 30.3 Å². The lowest BCUT2D eigenvalue weighted by molar-refractivity contribution is 0.0954. The first-order valence-corrected chi connectivity index (χ1v) is 7.56. The fourth-order valence-corrected chi connectivity index (χ4v) is 2.36. The number of pyridine rings is 1. The van der Waals surface area contributed by atoms with Crippen molar-refractivity contribution in [1.29, 1.82) is 0 Å². The molecule has 0 saturated heterocycles. The van der Waals surface area contributed by atoms with Crippen molar-refractivity contribution in [2.75, 3.05) is 0 Å². The molecule has 0 unspecified atom stereocenters. The van der Waals surface area contributed by atoms with Crippen LogP contribution in [0.25, 0.3) is 11.3 Å². The van der Waals surface area contributed by atoms with E-state index >= 15 is 0 Å². The number of aromatic amines is 1. The van der Waals surface area contributed by atoms with Crippen molar-refractivity contribution in [2.24, 2.45) is 5.10 Å². The molecule has 7 heteroatoms. The van der Waals surface area contributed by atoms with Crippen molar-refractivity contribution in [3.63, 3.8) is 0 Å². The summed E-state index contributed by atoms with van der Waals surface area (Å²) in [4.78, 5) is 15.9. The highest BCUT2D eigenvalue weighted by Crippen LogP contribution is 2.18. The third kappa shape index (κ3) is 3.70. The first kappa shape index (κ1) is 15.1. The molecule has 3 rings (SSSR count). The van der Waals surface area contributed by atoms with E-state index in [9.17, 15) is 4.79 Å². The second kappa shape index (κ2) is 6.97. The third-order valence-corrected chi connectivity index (χ3v) is 3.50. The van der Waals surface area contributed by atoms with E-state index < -0.39 is 0 Å². The molecule has 23 heavy (non-hydrogen) atoms. The van der Waals surface area contributed by atoms with Gasteiger partial charge < -0.3 is 0 Å². The molecule has 0 aliphatic heterocycles. The van der Waals surface area contributed by atoms with Crippen LogP contribution in [-0.2, 0) is 0 Å². The molecule has 0 spiro atoms. The summed E-state index contributed by atoms with van der Waals surface area (Å²) in [5.41, 5.74) is 5.51. The number of rotatable bonds is 4. The summed E-state index contributed by atoms with van der Waals surface area (Å²) in [6.45, 7) is 0. The quantitative estimate of drug-likeness (QED) is 0.547. The highest BCUT2D eigenvalue weighted by Gasteiger charge is 2.07. The van der Waals surface area contributed by atoms with Gasteiger partial charge in [-0.2, -0.15) is 10.2 Å². The molecule has 6 nitrogen and oxygen atoms in total. The monoisotopic (exact) mass is 369 g/mol. The minimum absolute atomic E-state index is 0.334. The summed E-state index contributed by atoms with van der Waals surface area (Å²) >= 11 is 3.27. The number of H-pyrrole nitrogens is 1. The fourth-order valence-electron chi connectivity index (χ4n) is 1.99. The van der Waals surface area contributed by atoms with Crippen LogP contribution in [-0.4, -0.2) is 27.3 Å². The Morgan fingerprint density at radius 3 is 2.83 bits per heavy atom. The minimum atomic E-state index is -0.334. The second-order valence-electron chi connectivity index (χ2n) is 4.66. The van der Waals surface area contributed by atoms with E-state index in [1.54, 1.807) is 24.7 Å². The molecule has 2 heterocycles. The maximum atomic E-state index is 12.0. The van der Waals surface area contributed by atoms with Crippen LogP contribution < -0.4 is 5.43 Å². The number of hydrogen-bond acceptors (Lipinski definition) is 4. The number of carbonyl (C=O) groups excluding carboxylic acids is 1. The Hall–Kier alpha value is -2.80. The van der Waals surface area contributed by atoms with Crippen molar-refractivity contribution < 1.29 is 4.79 Å². The van der Waals surface area contributed by atoms with E-state index in [0.717, 1.165) is 21.3 Å². The number of nitrogens with zero attached hydrogens (tertiary/aromatic N) is 3. The van der Waals surface area contributed by atoms with E-state index in [1.165, 1.54) is 6.20 Å². The summed E-state index contributed by atoms with van der Waals surface area (Å²) in [7, 11) is 0. The van der Waals surface area contributed by atoms with Crippen molar-refractivity contribution in [3.05, 3.63) is 70.6 Å². The van der Waals surface area contributed by atoms with Crippen molar-refractivity contribution in [1.82, 2.24) is 20.6 Å². The van der Waals surface area contributed by atoms with Crippen molar-refractivity contribution >= 4 is 28.1 Å². The zero-order valence-electron chi connectivity index (χ0n) is 11.9. The van der Waals surface area contributed by atoms with Gasteiger partial charge in [0.25, 0.3) is 5.91 Å². The van der Waals surface area contributed by atoms with E-state index in [4.69, 9.17) is 0 Å². The predicted octanol–water partition coefficient (Wildman–Crippen LogP) is 3.00. The van der Waals surface area contributed by atoms with E-state index in [2.05, 4.69) is 41.6 Å². The van der Waals surface area contributed by atoms with Gasteiger partial charge in [-0.1, -0.05) is 30.3 Å². The lowest BCUT2D eigenvalue weighted by atomic mass is 10.1. The molecule has 0 fully saturated rings. The molecule has 114 valence electrons. The number of nitrogens with one attached hydrogen (secondary N) is 2. The van der Waals surface area contributed by atoms with E-state index in [0.29, 0.717) is 5.56 Å². The molecule has 3 aromatic rings. The average molecular weight is 370 g/mol. The van der Waals surface area contributed by atoms with Gasteiger partial charge in [-0.3, -0.25) is 14.9 Å². The molecule has 1 amide bonds. The minimum Gasteiger partial charge on any atom is -0.277 e. The second-order valence-corrected chi connectivity index (χ2v) is 5.57. The van der Waals surface area contributed by atoms with Gasteiger partial charge >= 0.3 is 0 Å². The maximum Gasteiger partial charge on any atom is 0.272 e. The normalized spacial score (nSPS) is 10.8. The molecule has 0 atom stereocenters. The maximum absolute atomic E-state index is 12.0. The SMILES string of the molecule is O=C(NN=Cc1cn[nH]c1-c1ccccc1)c1cncc(Br)c1. The van der Waals surface area contributed by atoms with Crippen LogP contribution in [0.15, 0.2) is 64.6 Å². The van der Waals surface area contributed by atoms with Gasteiger partial charge in [-0.15, -0.1) is 0 Å². The molecule has 2 N–H and O–H groups in total. The predicted molar refractivity (Wildman–Crippen MR) is 91.0 cm³/mol. The number of halogens is 1. The van der Waals surface area contributed by atoms with Gasteiger partial charge in [-0.05, 0) is 22.0 Å². The number of amides is 1. The highest BCUT2D eigenvalue weighted by molar-refractivity contribution is 9.10. The molecule has 0 aliphatic rings. The van der Waals surface area contributed by atoms with Crippen molar-refractivity contribution in [3.8, 4) is 11.3 Å². The standard InChI is InChI=1S/C16H12BrN5O/c17-14-6-12(7-18-10-14)16(23)22-20-9-13-8-19-21-15(13)11-4-2-1-3-5-11/h1-10H,(H,19,21)(H,22,23). The Balaban J connectivity index is 1.72. The molecular weight excluding hydrogens is 358 g/mol. The molecule has 1 aromatic carbocycles. The molecule has 2 aromatic heterocycles. The van der Waals surface area contributed by atoms with Crippen LogP contribution in [0.3, 0.4) is 0 Å². The number of hydrazone groups is 1. The van der Waals surface area contributed by atoms with Gasteiger partial charge in [0.1, 0.15) is 0 Å². The summed E-state index contributed by atoms with van der Waals surface area (Å²) in [6.07, 6.45) is 6.29. The Bertz CT molecular complexity index is 844. The Kier molecular flexibility index (Phi) is 4.58. The topological polar surface area (TPSA) is 83.0 Å². The third-order valence-electron chi connectivity index (χ3n) is 3.07. The zero-order valence-corrected chi connectivity index (χ0v) is 13.5. The largest absolute Gasteiger partial charge is 0.277 e. The van der Waals surface area contributed by atoms with Gasteiger partial charge in [0.15, 0.2) is 0 Å². The highest BCUT2D eigenvalue weighted by atomic mass is 79.9. The van der Waals surface area contributed by atoms with E-state index in [-0.39, 0.29) is 5.91 Å². The van der Waals surface area contributed by atoms with Crippen molar-refractivity contribution in [2.45, 2.75) is 0 Å². The average Bonchev–Trinajstić information content (AvgIpc) is 3.04. The summed E-state index contributed by atoms with van der Waals surface area (Å²) in [5, 5.41) is 10.9. The van der Waals surface area contributed by atoms with Gasteiger partial charge in [-0.25, -0.2) is 5.43 Å². The summed E-state index contributed by atoms with van der Waals surface area (Å²) in [5.74, 6) is -0.334. The molecule has 0 saturated carbocycles. The van der Waals surface area contributed by atoms with Gasteiger partial charge in [0, 0.05) is 28.0 Å². The van der Waals surface area contributed by atoms with Crippen LogP contribution >= 0.6 is 15.9 Å². The summed E-state index contributed by atoms with van der Waals surface area (Å²) < 4.78 is 0.732. The number of aromatic nitrogens is 3. The summed E-state index contributed by atoms with van der Waals surface area (Å²) in [6, 6.07) is 11.4. The molecular formula is C16H12BrN5O. The Morgan fingerprint density at radius 2 is 2.04 bits per heavy atom. The number of hydrogen-bond donors (Lipinski definition) is 2. The molecule has 0 bridgehead atoms. The van der Waals surface area contributed by atoms with Gasteiger partial charge in [0.05, 0.1) is 23.7 Å². The first-order valence-electron chi connectivity index (χ1n) is 6.77.